The van der Waals surface area contributed by atoms with Crippen LogP contribution >= 0.6 is 17.0 Å². The Morgan fingerprint density at radius 1 is 1.17 bits per heavy atom. The fourth-order valence-corrected chi connectivity index (χ4v) is 3.08. The minimum atomic E-state index is -1.27. The highest BCUT2D eigenvalue weighted by Crippen LogP contribution is 2.21. The summed E-state index contributed by atoms with van der Waals surface area (Å²) in [5.74, 6) is 0.282. The highest BCUT2D eigenvalue weighted by atomic mass is 79.9. The van der Waals surface area contributed by atoms with Gasteiger partial charge in [-0.2, -0.15) is 0 Å². The van der Waals surface area contributed by atoms with E-state index in [-0.39, 0.29) is 22.9 Å². The molecule has 0 spiro atoms. The molecule has 0 saturated carbocycles. The molecule has 0 radical (unpaired) electrons. The van der Waals surface area contributed by atoms with Crippen LogP contribution in [0, 0.1) is 0 Å². The summed E-state index contributed by atoms with van der Waals surface area (Å²) >= 11 is 0. The van der Waals surface area contributed by atoms with Crippen molar-refractivity contribution in [3.8, 4) is 0 Å². The van der Waals surface area contributed by atoms with Gasteiger partial charge in [0.05, 0.1) is 28.9 Å². The van der Waals surface area contributed by atoms with E-state index < -0.39 is 16.9 Å². The average Bonchev–Trinajstić information content (AvgIpc) is 2.96. The number of fused-ring (bicyclic) bond motifs is 1. The third kappa shape index (κ3) is 3.77. The van der Waals surface area contributed by atoms with Crippen molar-refractivity contribution in [3.05, 3.63) is 48.5 Å². The van der Waals surface area contributed by atoms with Crippen LogP contribution in [-0.4, -0.2) is 27.4 Å². The molecule has 0 aliphatic rings. The highest BCUT2D eigenvalue weighted by Gasteiger charge is 2.11. The standard InChI is InChI=1S/C15H13N3O3S.BrH/c1-21-15(19)18-14-16-12-8-7-11(9-13(12)17-14)22(20)10-5-3-2-4-6-10;/h2-9H,1H3,(H2,16,17,18,19);1H. The summed E-state index contributed by atoms with van der Waals surface area (Å²) < 4.78 is 17.0. The Morgan fingerprint density at radius 2 is 1.91 bits per heavy atom. The first-order valence-electron chi connectivity index (χ1n) is 6.49. The maximum atomic E-state index is 12.5. The van der Waals surface area contributed by atoms with Gasteiger partial charge in [-0.15, -0.1) is 17.0 Å². The largest absolute Gasteiger partial charge is 0.453 e. The molecule has 0 bridgehead atoms. The fourth-order valence-electron chi connectivity index (χ4n) is 1.99. The third-order valence-corrected chi connectivity index (χ3v) is 4.41. The van der Waals surface area contributed by atoms with Gasteiger partial charge in [-0.3, -0.25) is 5.32 Å². The average molecular weight is 396 g/mol. The predicted octanol–water partition coefficient (Wildman–Crippen LogP) is 3.49. The summed E-state index contributed by atoms with van der Waals surface area (Å²) in [6.07, 6.45) is -0.604. The maximum absolute atomic E-state index is 12.5. The molecule has 6 nitrogen and oxygen atoms in total. The zero-order valence-electron chi connectivity index (χ0n) is 12.1. The summed E-state index contributed by atoms with van der Waals surface area (Å²) in [5.41, 5.74) is 1.35. The van der Waals surface area contributed by atoms with Crippen molar-refractivity contribution in [1.82, 2.24) is 9.97 Å². The Morgan fingerprint density at radius 3 is 2.61 bits per heavy atom. The molecule has 0 aliphatic carbocycles. The van der Waals surface area contributed by atoms with Crippen LogP contribution < -0.4 is 5.32 Å². The number of hydrogen-bond acceptors (Lipinski definition) is 4. The lowest BCUT2D eigenvalue weighted by molar-refractivity contribution is 0.186. The lowest BCUT2D eigenvalue weighted by Gasteiger charge is -2.01. The number of hydrogen-bond donors (Lipinski definition) is 2. The first kappa shape index (κ1) is 17.2. The number of methoxy groups -OCH3 is 1. The van der Waals surface area contributed by atoms with Gasteiger partial charge >= 0.3 is 6.09 Å². The van der Waals surface area contributed by atoms with Crippen LogP contribution in [0.15, 0.2) is 58.3 Å². The van der Waals surface area contributed by atoms with Gasteiger partial charge in [0.25, 0.3) is 0 Å². The van der Waals surface area contributed by atoms with Crippen molar-refractivity contribution < 1.29 is 13.7 Å². The number of nitrogens with one attached hydrogen (secondary N) is 2. The molecule has 23 heavy (non-hydrogen) atoms. The van der Waals surface area contributed by atoms with Crippen LogP contribution in [0.25, 0.3) is 11.0 Å². The van der Waals surface area contributed by atoms with Crippen molar-refractivity contribution in [2.24, 2.45) is 0 Å². The minimum absolute atomic E-state index is 0. The molecule has 0 saturated heterocycles. The number of rotatable bonds is 3. The molecular weight excluding hydrogens is 382 g/mol. The van der Waals surface area contributed by atoms with Crippen molar-refractivity contribution in [2.45, 2.75) is 9.79 Å². The number of imidazole rings is 1. The summed E-state index contributed by atoms with van der Waals surface area (Å²) in [7, 11) is 0.0112. The topological polar surface area (TPSA) is 84.1 Å². The number of benzene rings is 2. The van der Waals surface area contributed by atoms with E-state index in [1.54, 1.807) is 18.2 Å². The van der Waals surface area contributed by atoms with E-state index in [1.807, 2.05) is 30.3 Å². The van der Waals surface area contributed by atoms with Gasteiger partial charge in [-0.1, -0.05) is 18.2 Å². The van der Waals surface area contributed by atoms with Gasteiger partial charge in [0.2, 0.25) is 5.95 Å². The summed E-state index contributed by atoms with van der Waals surface area (Å²) in [4.78, 5) is 19.7. The van der Waals surface area contributed by atoms with E-state index in [9.17, 15) is 9.00 Å². The first-order valence-corrected chi connectivity index (χ1v) is 7.64. The molecular formula is C15H14BrN3O3S. The number of nitrogens with zero attached hydrogens (tertiary/aromatic N) is 1. The van der Waals surface area contributed by atoms with Gasteiger partial charge in [0, 0.05) is 9.79 Å². The van der Waals surface area contributed by atoms with Crippen LogP contribution in [0.2, 0.25) is 0 Å². The van der Waals surface area contributed by atoms with Gasteiger partial charge in [-0.05, 0) is 30.3 Å². The molecule has 2 aromatic carbocycles. The Hall–Kier alpha value is -2.19. The minimum Gasteiger partial charge on any atom is -0.453 e. The summed E-state index contributed by atoms with van der Waals surface area (Å²) in [5, 5.41) is 2.46. The third-order valence-electron chi connectivity index (χ3n) is 3.03. The Labute approximate surface area is 145 Å². The van der Waals surface area contributed by atoms with E-state index in [1.165, 1.54) is 7.11 Å². The second-order valence-corrected chi connectivity index (χ2v) is 5.94. The number of halogens is 1. The van der Waals surface area contributed by atoms with Gasteiger partial charge < -0.3 is 9.72 Å². The highest BCUT2D eigenvalue weighted by molar-refractivity contribution is 8.93. The number of carbonyl (C=O) groups excluding carboxylic acids is 1. The molecule has 3 rings (SSSR count). The molecule has 1 atom stereocenters. The second kappa shape index (κ2) is 7.38. The molecule has 3 aromatic rings. The molecule has 0 fully saturated rings. The normalized spacial score (nSPS) is 11.5. The number of carbonyl (C=O) groups is 1. The predicted molar refractivity (Wildman–Crippen MR) is 93.6 cm³/mol. The van der Waals surface area contributed by atoms with E-state index in [2.05, 4.69) is 20.0 Å². The van der Waals surface area contributed by atoms with Crippen molar-refractivity contribution in [1.29, 1.82) is 0 Å². The summed E-state index contributed by atoms with van der Waals surface area (Å²) in [6.45, 7) is 0. The maximum Gasteiger partial charge on any atom is 0.413 e. The Bertz CT molecular complexity index is 852. The van der Waals surface area contributed by atoms with Crippen LogP contribution in [0.1, 0.15) is 0 Å². The quantitative estimate of drug-likeness (QED) is 0.710. The summed E-state index contributed by atoms with van der Waals surface area (Å²) in [6, 6.07) is 14.5. The van der Waals surface area contributed by atoms with Gasteiger partial charge in [0.15, 0.2) is 0 Å². The number of aromatic nitrogens is 2. The molecule has 1 aromatic heterocycles. The fraction of sp³-hybridized carbons (Fsp3) is 0.0667. The Kier molecular flexibility index (Phi) is 5.51. The zero-order chi connectivity index (χ0) is 15.5. The van der Waals surface area contributed by atoms with Gasteiger partial charge in [-0.25, -0.2) is 14.0 Å². The lowest BCUT2D eigenvalue weighted by atomic mass is 10.3. The molecule has 1 unspecified atom stereocenters. The molecule has 120 valence electrons. The van der Waals surface area contributed by atoms with E-state index in [0.29, 0.717) is 15.9 Å². The Balaban J connectivity index is 0.00000192. The smallest absolute Gasteiger partial charge is 0.413 e. The molecule has 8 heteroatoms. The van der Waals surface area contributed by atoms with Crippen LogP contribution in [-0.2, 0) is 15.5 Å². The number of aromatic amines is 1. The van der Waals surface area contributed by atoms with E-state index in [4.69, 9.17) is 0 Å². The SMILES string of the molecule is Br.COC(=O)Nc1nc2ccc(S(=O)c3ccccc3)cc2[nH]1. The first-order chi connectivity index (χ1) is 10.7. The van der Waals surface area contributed by atoms with Gasteiger partial charge in [0.1, 0.15) is 0 Å². The number of anilines is 1. The van der Waals surface area contributed by atoms with Crippen LogP contribution in [0.3, 0.4) is 0 Å². The molecule has 1 heterocycles. The second-order valence-electron chi connectivity index (χ2n) is 4.46. The van der Waals surface area contributed by atoms with Crippen LogP contribution in [0.5, 0.6) is 0 Å². The van der Waals surface area contributed by atoms with Crippen molar-refractivity contribution in [3.63, 3.8) is 0 Å². The monoisotopic (exact) mass is 395 g/mol. The number of amides is 1. The van der Waals surface area contributed by atoms with E-state index >= 15 is 0 Å². The van der Waals surface area contributed by atoms with Crippen molar-refractivity contribution in [2.75, 3.05) is 12.4 Å². The number of ether oxygens (including phenoxy) is 1. The van der Waals surface area contributed by atoms with Crippen LogP contribution in [0.4, 0.5) is 10.7 Å². The molecule has 1 amide bonds. The van der Waals surface area contributed by atoms with E-state index in [0.717, 1.165) is 4.90 Å². The molecule has 0 aliphatic heterocycles. The van der Waals surface area contributed by atoms with Crippen molar-refractivity contribution >= 4 is 50.9 Å². The zero-order valence-corrected chi connectivity index (χ0v) is 14.6. The lowest BCUT2D eigenvalue weighted by Crippen LogP contribution is -2.11. The molecule has 2 N–H and O–H groups in total. The number of H-pyrrole nitrogens is 1.